The first kappa shape index (κ1) is 8.32. The summed E-state index contributed by atoms with van der Waals surface area (Å²) < 4.78 is 0. The summed E-state index contributed by atoms with van der Waals surface area (Å²) in [5.74, 6) is 0.428. The van der Waals surface area contributed by atoms with Crippen molar-refractivity contribution in [2.24, 2.45) is 0 Å². The van der Waals surface area contributed by atoms with Crippen LogP contribution in [0.2, 0.25) is 0 Å². The van der Waals surface area contributed by atoms with Crippen molar-refractivity contribution in [2.75, 3.05) is 6.54 Å². The summed E-state index contributed by atoms with van der Waals surface area (Å²) in [7, 11) is 0. The van der Waals surface area contributed by atoms with Gasteiger partial charge in [0.25, 0.3) is 0 Å². The second-order valence-electron chi connectivity index (χ2n) is 3.31. The Balaban J connectivity index is 2.35. The van der Waals surface area contributed by atoms with Crippen molar-refractivity contribution in [1.29, 1.82) is 0 Å². The average molecular weight is 175 g/mol. The lowest BCUT2D eigenvalue weighted by Crippen LogP contribution is -1.90. The molecule has 1 aromatic carbocycles. The van der Waals surface area contributed by atoms with E-state index in [1.807, 2.05) is 18.2 Å². The van der Waals surface area contributed by atoms with Gasteiger partial charge in [-0.2, -0.15) is 0 Å². The summed E-state index contributed by atoms with van der Waals surface area (Å²) >= 11 is 0. The Hall–Kier alpha value is -1.28. The minimum absolute atomic E-state index is 0.366. The molecule has 2 N–H and O–H groups in total. The highest BCUT2D eigenvalue weighted by atomic mass is 16.3. The van der Waals surface area contributed by atoms with E-state index >= 15 is 0 Å². The summed E-state index contributed by atoms with van der Waals surface area (Å²) in [5, 5.41) is 13.0. The molecule has 0 unspecified atom stereocenters. The predicted molar refractivity (Wildman–Crippen MR) is 52.8 cm³/mol. The van der Waals surface area contributed by atoms with Crippen LogP contribution in [0.15, 0.2) is 30.9 Å². The highest BCUT2D eigenvalue weighted by Crippen LogP contribution is 2.32. The predicted octanol–water partition coefficient (Wildman–Crippen LogP) is 1.77. The number of rotatable bonds is 3. The van der Waals surface area contributed by atoms with Gasteiger partial charge in [0, 0.05) is 18.2 Å². The van der Waals surface area contributed by atoms with Crippen molar-refractivity contribution in [1.82, 2.24) is 5.32 Å². The van der Waals surface area contributed by atoms with E-state index in [2.05, 4.69) is 11.9 Å². The quantitative estimate of drug-likeness (QED) is 0.543. The van der Waals surface area contributed by atoms with Crippen LogP contribution in [0.25, 0.3) is 0 Å². The van der Waals surface area contributed by atoms with E-state index in [4.69, 9.17) is 0 Å². The molecule has 0 radical (unpaired) electrons. The molecule has 2 heteroatoms. The highest BCUT2D eigenvalue weighted by Gasteiger charge is 2.25. The molecule has 13 heavy (non-hydrogen) atoms. The standard InChI is InChI=1S/C11H13NO/c1-2-4-8-5-3-6-9(11(8)13)10-7-12-10/h2-3,5-6,10,12-13H,1,4,7H2/t10-/m1/s1. The molecule has 0 amide bonds. The second-order valence-corrected chi connectivity index (χ2v) is 3.31. The average Bonchev–Trinajstić information content (AvgIpc) is 2.92. The third kappa shape index (κ3) is 1.58. The van der Waals surface area contributed by atoms with Gasteiger partial charge in [-0.25, -0.2) is 0 Å². The molecule has 0 bridgehead atoms. The molecule has 1 atom stereocenters. The van der Waals surface area contributed by atoms with Crippen LogP contribution in [0, 0.1) is 0 Å². The maximum absolute atomic E-state index is 9.84. The SMILES string of the molecule is C=CCc1cccc([C@H]2CN2)c1O. The summed E-state index contributed by atoms with van der Waals surface area (Å²) in [5.41, 5.74) is 1.97. The number of nitrogens with one attached hydrogen (secondary N) is 1. The van der Waals surface area contributed by atoms with Crippen LogP contribution in [0.4, 0.5) is 0 Å². The van der Waals surface area contributed by atoms with E-state index in [1.54, 1.807) is 6.08 Å². The van der Waals surface area contributed by atoms with E-state index in [9.17, 15) is 5.11 Å². The lowest BCUT2D eigenvalue weighted by Gasteiger charge is -2.06. The van der Waals surface area contributed by atoms with Crippen molar-refractivity contribution in [3.63, 3.8) is 0 Å². The van der Waals surface area contributed by atoms with Crippen molar-refractivity contribution < 1.29 is 5.11 Å². The Kier molecular flexibility index (Phi) is 2.07. The minimum atomic E-state index is 0.366. The molecule has 2 rings (SSSR count). The van der Waals surface area contributed by atoms with Crippen LogP contribution >= 0.6 is 0 Å². The fraction of sp³-hybridized carbons (Fsp3) is 0.273. The third-order valence-corrected chi connectivity index (χ3v) is 2.30. The van der Waals surface area contributed by atoms with Crippen LogP contribution < -0.4 is 5.32 Å². The van der Waals surface area contributed by atoms with Gasteiger partial charge in [-0.1, -0.05) is 24.3 Å². The maximum Gasteiger partial charge on any atom is 0.123 e. The monoisotopic (exact) mass is 175 g/mol. The van der Waals surface area contributed by atoms with Gasteiger partial charge in [0.1, 0.15) is 5.75 Å². The lowest BCUT2D eigenvalue weighted by molar-refractivity contribution is 0.462. The molecule has 1 fully saturated rings. The molecule has 1 aromatic rings. The molecule has 1 aliphatic rings. The number of para-hydroxylation sites is 1. The van der Waals surface area contributed by atoms with Crippen LogP contribution in [-0.2, 0) is 6.42 Å². The van der Waals surface area contributed by atoms with Gasteiger partial charge < -0.3 is 10.4 Å². The van der Waals surface area contributed by atoms with Gasteiger partial charge in [-0.15, -0.1) is 6.58 Å². The molecular formula is C11H13NO. The van der Waals surface area contributed by atoms with E-state index in [1.165, 1.54) is 0 Å². The first-order chi connectivity index (χ1) is 6.33. The molecular weight excluding hydrogens is 162 g/mol. The number of benzene rings is 1. The van der Waals surface area contributed by atoms with Gasteiger partial charge >= 0.3 is 0 Å². The second kappa shape index (κ2) is 3.23. The van der Waals surface area contributed by atoms with Crippen LogP contribution in [0.1, 0.15) is 17.2 Å². The maximum atomic E-state index is 9.84. The van der Waals surface area contributed by atoms with Gasteiger partial charge in [-0.05, 0) is 12.0 Å². The Bertz CT molecular complexity index is 329. The third-order valence-electron chi connectivity index (χ3n) is 2.30. The number of hydrogen-bond donors (Lipinski definition) is 2. The molecule has 0 saturated carbocycles. The Labute approximate surface area is 77.9 Å². The molecule has 1 heterocycles. The molecule has 0 aliphatic carbocycles. The minimum Gasteiger partial charge on any atom is -0.507 e. The number of phenols is 1. The molecule has 1 saturated heterocycles. The normalized spacial score (nSPS) is 19.8. The zero-order valence-electron chi connectivity index (χ0n) is 7.46. The molecule has 2 nitrogen and oxygen atoms in total. The van der Waals surface area contributed by atoms with Gasteiger partial charge in [0.2, 0.25) is 0 Å². The first-order valence-corrected chi connectivity index (χ1v) is 4.48. The number of phenolic OH excluding ortho intramolecular Hbond substituents is 1. The van der Waals surface area contributed by atoms with Crippen LogP contribution in [-0.4, -0.2) is 11.7 Å². The summed E-state index contributed by atoms with van der Waals surface area (Å²) in [4.78, 5) is 0. The van der Waals surface area contributed by atoms with E-state index in [0.717, 1.165) is 24.1 Å². The largest absolute Gasteiger partial charge is 0.507 e. The Morgan fingerprint density at radius 3 is 3.00 bits per heavy atom. The zero-order valence-corrected chi connectivity index (χ0v) is 7.46. The fourth-order valence-electron chi connectivity index (χ4n) is 1.49. The van der Waals surface area contributed by atoms with E-state index in [0.29, 0.717) is 11.8 Å². The van der Waals surface area contributed by atoms with Crippen molar-refractivity contribution >= 4 is 0 Å². The summed E-state index contributed by atoms with van der Waals surface area (Å²) in [6.45, 7) is 4.64. The van der Waals surface area contributed by atoms with E-state index in [-0.39, 0.29) is 0 Å². The molecule has 0 aromatic heterocycles. The number of allylic oxidation sites excluding steroid dienone is 1. The molecule has 1 aliphatic heterocycles. The van der Waals surface area contributed by atoms with Crippen molar-refractivity contribution in [2.45, 2.75) is 12.5 Å². The van der Waals surface area contributed by atoms with Crippen molar-refractivity contribution in [3.8, 4) is 5.75 Å². The zero-order chi connectivity index (χ0) is 9.26. The first-order valence-electron chi connectivity index (χ1n) is 4.48. The Morgan fingerprint density at radius 1 is 1.62 bits per heavy atom. The topological polar surface area (TPSA) is 42.2 Å². The summed E-state index contributed by atoms with van der Waals surface area (Å²) in [6.07, 6.45) is 2.53. The molecule has 0 spiro atoms. The number of hydrogen-bond acceptors (Lipinski definition) is 2. The fourth-order valence-corrected chi connectivity index (χ4v) is 1.49. The smallest absolute Gasteiger partial charge is 0.123 e. The lowest BCUT2D eigenvalue weighted by atomic mass is 10.0. The van der Waals surface area contributed by atoms with Crippen LogP contribution in [0.3, 0.4) is 0 Å². The highest BCUT2D eigenvalue weighted by molar-refractivity contribution is 5.44. The summed E-state index contributed by atoms with van der Waals surface area (Å²) in [6, 6.07) is 6.24. The number of aromatic hydroxyl groups is 1. The van der Waals surface area contributed by atoms with Crippen LogP contribution in [0.5, 0.6) is 5.75 Å². The van der Waals surface area contributed by atoms with Crippen molar-refractivity contribution in [3.05, 3.63) is 42.0 Å². The van der Waals surface area contributed by atoms with Gasteiger partial charge in [-0.3, -0.25) is 0 Å². The van der Waals surface area contributed by atoms with Gasteiger partial charge in [0.05, 0.1) is 0 Å². The van der Waals surface area contributed by atoms with E-state index < -0.39 is 0 Å². The molecule has 68 valence electrons. The Morgan fingerprint density at radius 2 is 2.38 bits per heavy atom. The van der Waals surface area contributed by atoms with Gasteiger partial charge in [0.15, 0.2) is 0 Å².